The van der Waals surface area contributed by atoms with Gasteiger partial charge < -0.3 is 15.0 Å². The summed E-state index contributed by atoms with van der Waals surface area (Å²) in [5, 5.41) is 21.5. The van der Waals surface area contributed by atoms with E-state index in [1.54, 1.807) is 17.4 Å². The number of aromatic hydroxyl groups is 1. The zero-order chi connectivity index (χ0) is 25.2. The van der Waals surface area contributed by atoms with Crippen molar-refractivity contribution >= 4 is 75.5 Å². The van der Waals surface area contributed by atoms with Crippen molar-refractivity contribution < 1.29 is 5.11 Å². The average molecular weight is 507 g/mol. The smallest absolute Gasteiger partial charge is 0.139 e. The first-order chi connectivity index (χ1) is 18.7. The molecule has 6 aromatic carbocycles. The van der Waals surface area contributed by atoms with E-state index in [1.165, 1.54) is 37.3 Å². The molecular formula is C34H22N2OS. The molecule has 2 heterocycles. The maximum atomic E-state index is 10.8. The van der Waals surface area contributed by atoms with Gasteiger partial charge in [0.05, 0.1) is 16.7 Å². The van der Waals surface area contributed by atoms with Gasteiger partial charge in [-0.15, -0.1) is 11.3 Å². The minimum Gasteiger partial charge on any atom is -0.506 e. The lowest BCUT2D eigenvalue weighted by Gasteiger charge is -2.13. The van der Waals surface area contributed by atoms with E-state index in [-0.39, 0.29) is 5.75 Å². The number of benzene rings is 6. The van der Waals surface area contributed by atoms with Gasteiger partial charge in [0.25, 0.3) is 0 Å². The highest BCUT2D eigenvalue weighted by Gasteiger charge is 2.15. The van der Waals surface area contributed by atoms with E-state index in [0.29, 0.717) is 0 Å². The van der Waals surface area contributed by atoms with Crippen LogP contribution >= 0.6 is 11.3 Å². The highest BCUT2D eigenvalue weighted by atomic mass is 32.1. The summed E-state index contributed by atoms with van der Waals surface area (Å²) in [6.07, 6.45) is 0. The van der Waals surface area contributed by atoms with E-state index in [4.69, 9.17) is 0 Å². The Bertz CT molecular complexity index is 2170. The molecule has 0 atom stereocenters. The molecule has 38 heavy (non-hydrogen) atoms. The minimum absolute atomic E-state index is 0.249. The third kappa shape index (κ3) is 3.14. The fraction of sp³-hybridized carbons (Fsp3) is 0. The molecule has 4 heteroatoms. The molecule has 0 saturated heterocycles. The molecule has 0 amide bonds. The first-order valence-corrected chi connectivity index (χ1v) is 13.5. The molecular weight excluding hydrogens is 484 g/mol. The lowest BCUT2D eigenvalue weighted by atomic mass is 10.1. The van der Waals surface area contributed by atoms with Crippen molar-refractivity contribution in [3.63, 3.8) is 0 Å². The number of rotatable bonds is 3. The largest absolute Gasteiger partial charge is 0.506 e. The van der Waals surface area contributed by atoms with E-state index in [9.17, 15) is 5.11 Å². The van der Waals surface area contributed by atoms with Crippen LogP contribution in [0, 0.1) is 0 Å². The molecule has 0 saturated carbocycles. The third-order valence-electron chi connectivity index (χ3n) is 7.46. The molecule has 0 unspecified atom stereocenters. The van der Waals surface area contributed by atoms with Crippen molar-refractivity contribution in [2.24, 2.45) is 0 Å². The van der Waals surface area contributed by atoms with E-state index < -0.39 is 0 Å². The van der Waals surface area contributed by atoms with Crippen LogP contribution < -0.4 is 5.32 Å². The standard InChI is InChI=1S/C34H22N2OS/c37-30-17-18-32-33(26-10-4-6-12-31(26)38-32)34(30)35-23-13-15-24(16-14-23)36-28-11-5-3-9-25(28)27-19-21-7-1-2-8-22(21)20-29(27)36/h1-20,35,37H. The number of hydrogen-bond acceptors (Lipinski definition) is 3. The first kappa shape index (κ1) is 21.3. The Morgan fingerprint density at radius 2 is 1.29 bits per heavy atom. The summed E-state index contributed by atoms with van der Waals surface area (Å²) in [7, 11) is 0. The quantitative estimate of drug-likeness (QED) is 0.234. The van der Waals surface area contributed by atoms with Crippen molar-refractivity contribution in [2.75, 3.05) is 5.32 Å². The molecule has 8 aromatic rings. The number of hydrogen-bond donors (Lipinski definition) is 2. The van der Waals surface area contributed by atoms with E-state index >= 15 is 0 Å². The molecule has 3 nitrogen and oxygen atoms in total. The Hall–Kier alpha value is -4.80. The van der Waals surface area contributed by atoms with Gasteiger partial charge in [0.15, 0.2) is 0 Å². The van der Waals surface area contributed by atoms with Crippen LogP contribution in [-0.4, -0.2) is 9.67 Å². The van der Waals surface area contributed by atoms with E-state index in [1.807, 2.05) is 12.1 Å². The van der Waals surface area contributed by atoms with Gasteiger partial charge in [0.2, 0.25) is 0 Å². The van der Waals surface area contributed by atoms with Crippen molar-refractivity contribution in [3.8, 4) is 11.4 Å². The van der Waals surface area contributed by atoms with Crippen LogP contribution in [-0.2, 0) is 0 Å². The summed E-state index contributed by atoms with van der Waals surface area (Å²) >= 11 is 1.74. The average Bonchev–Trinajstić information content (AvgIpc) is 3.49. The van der Waals surface area contributed by atoms with Crippen LogP contribution in [0.3, 0.4) is 0 Å². The second kappa shape index (κ2) is 8.10. The van der Waals surface area contributed by atoms with Gasteiger partial charge >= 0.3 is 0 Å². The monoisotopic (exact) mass is 506 g/mol. The number of nitrogens with zero attached hydrogens (tertiary/aromatic N) is 1. The Balaban J connectivity index is 1.27. The molecule has 180 valence electrons. The number of fused-ring (bicyclic) bond motifs is 7. The lowest BCUT2D eigenvalue weighted by Crippen LogP contribution is -1.96. The van der Waals surface area contributed by atoms with Crippen LogP contribution in [0.25, 0.3) is 58.4 Å². The molecule has 2 N–H and O–H groups in total. The van der Waals surface area contributed by atoms with Crippen LogP contribution in [0.5, 0.6) is 5.75 Å². The number of aromatic nitrogens is 1. The Labute approximate surface area is 222 Å². The zero-order valence-electron chi connectivity index (χ0n) is 20.3. The summed E-state index contributed by atoms with van der Waals surface area (Å²) in [5.74, 6) is 0.249. The highest BCUT2D eigenvalue weighted by molar-refractivity contribution is 7.26. The number of para-hydroxylation sites is 1. The van der Waals surface area contributed by atoms with Crippen molar-refractivity contribution in [2.45, 2.75) is 0 Å². The maximum absolute atomic E-state index is 10.8. The van der Waals surface area contributed by atoms with Crippen LogP contribution in [0.2, 0.25) is 0 Å². The van der Waals surface area contributed by atoms with Gasteiger partial charge in [-0.25, -0.2) is 0 Å². The van der Waals surface area contributed by atoms with Gasteiger partial charge in [-0.1, -0.05) is 60.7 Å². The Kier molecular flexibility index (Phi) is 4.54. The van der Waals surface area contributed by atoms with Crippen LogP contribution in [0.15, 0.2) is 121 Å². The van der Waals surface area contributed by atoms with E-state index in [0.717, 1.165) is 32.5 Å². The van der Waals surface area contributed by atoms with Gasteiger partial charge in [-0.05, 0) is 71.4 Å². The molecule has 8 rings (SSSR count). The zero-order valence-corrected chi connectivity index (χ0v) is 21.2. The van der Waals surface area contributed by atoms with Gasteiger partial charge in [0, 0.05) is 42.3 Å². The molecule has 0 aliphatic heterocycles. The molecule has 0 aliphatic rings. The summed E-state index contributed by atoms with van der Waals surface area (Å²) < 4.78 is 4.71. The fourth-order valence-corrected chi connectivity index (χ4v) is 6.82. The van der Waals surface area contributed by atoms with Crippen LogP contribution in [0.4, 0.5) is 11.4 Å². The highest BCUT2D eigenvalue weighted by Crippen LogP contribution is 2.43. The molecule has 0 aliphatic carbocycles. The number of anilines is 2. The number of thiophene rings is 1. The topological polar surface area (TPSA) is 37.2 Å². The number of phenols is 1. The Morgan fingerprint density at radius 1 is 0.579 bits per heavy atom. The second-order valence-electron chi connectivity index (χ2n) is 9.67. The molecule has 0 bridgehead atoms. The Morgan fingerprint density at radius 3 is 2.13 bits per heavy atom. The van der Waals surface area contributed by atoms with Gasteiger partial charge in [-0.2, -0.15) is 0 Å². The lowest BCUT2D eigenvalue weighted by molar-refractivity contribution is 0.478. The third-order valence-corrected chi connectivity index (χ3v) is 8.59. The molecule has 2 aromatic heterocycles. The van der Waals surface area contributed by atoms with E-state index in [2.05, 4.69) is 113 Å². The van der Waals surface area contributed by atoms with Gasteiger partial charge in [0.1, 0.15) is 5.75 Å². The summed E-state index contributed by atoms with van der Waals surface area (Å²) in [4.78, 5) is 0. The molecule has 0 fully saturated rings. The molecule has 0 radical (unpaired) electrons. The minimum atomic E-state index is 0.249. The predicted octanol–water partition coefficient (Wildman–Crippen LogP) is 9.75. The summed E-state index contributed by atoms with van der Waals surface area (Å²) in [5.41, 5.74) is 5.15. The number of nitrogens with one attached hydrogen (secondary N) is 1. The SMILES string of the molecule is Oc1ccc2sc3ccccc3c2c1Nc1ccc(-n2c3ccccc3c3cc4ccccc4cc32)cc1. The predicted molar refractivity (Wildman–Crippen MR) is 163 cm³/mol. The molecule has 0 spiro atoms. The second-order valence-corrected chi connectivity index (χ2v) is 10.8. The van der Waals surface area contributed by atoms with Gasteiger partial charge in [-0.3, -0.25) is 0 Å². The maximum Gasteiger partial charge on any atom is 0.139 e. The van der Waals surface area contributed by atoms with Crippen molar-refractivity contribution in [3.05, 3.63) is 121 Å². The normalized spacial score (nSPS) is 11.8. The summed E-state index contributed by atoms with van der Waals surface area (Å²) in [6.45, 7) is 0. The van der Waals surface area contributed by atoms with Crippen molar-refractivity contribution in [1.29, 1.82) is 0 Å². The van der Waals surface area contributed by atoms with Crippen LogP contribution in [0.1, 0.15) is 0 Å². The fourth-order valence-electron chi connectivity index (χ4n) is 5.70. The summed E-state index contributed by atoms with van der Waals surface area (Å²) in [6, 6.07) is 42.3. The number of phenolic OH excluding ortho intramolecular Hbond substituents is 1. The van der Waals surface area contributed by atoms with Crippen molar-refractivity contribution in [1.82, 2.24) is 4.57 Å². The first-order valence-electron chi connectivity index (χ1n) is 12.7.